The first kappa shape index (κ1) is 18.9. The highest BCUT2D eigenvalue weighted by molar-refractivity contribution is 6.00. The minimum Gasteiger partial charge on any atom is -0.350 e. The topological polar surface area (TPSA) is 103 Å². The first-order valence-corrected chi connectivity index (χ1v) is 9.62. The maximum Gasteiger partial charge on any atom is 0.254 e. The Labute approximate surface area is 167 Å². The van der Waals surface area contributed by atoms with E-state index in [0.29, 0.717) is 37.3 Å². The minimum absolute atomic E-state index is 0.0511. The number of benzene rings is 1. The Hall–Kier alpha value is -3.42. The van der Waals surface area contributed by atoms with Gasteiger partial charge in [-0.15, -0.1) is 0 Å². The smallest absolute Gasteiger partial charge is 0.254 e. The number of nitrogens with one attached hydrogen (secondary N) is 2. The highest BCUT2D eigenvalue weighted by Gasteiger charge is 2.35. The number of pyridine rings is 1. The Morgan fingerprint density at radius 2 is 1.86 bits per heavy atom. The Morgan fingerprint density at radius 1 is 1.07 bits per heavy atom. The summed E-state index contributed by atoms with van der Waals surface area (Å²) in [7, 11) is 0. The van der Waals surface area contributed by atoms with Gasteiger partial charge in [0, 0.05) is 43.4 Å². The summed E-state index contributed by atoms with van der Waals surface area (Å²) in [6.07, 6.45) is 0.722. The van der Waals surface area contributed by atoms with Gasteiger partial charge in [-0.2, -0.15) is 0 Å². The molecular weight excluding hydrogens is 372 g/mol. The molecule has 3 amide bonds. The van der Waals surface area contributed by atoms with E-state index >= 15 is 0 Å². The molecule has 1 saturated heterocycles. The minimum atomic E-state index is -0.185. The molecule has 2 aliphatic rings. The Balaban J connectivity index is 1.19. The zero-order valence-electron chi connectivity index (χ0n) is 15.9. The average Bonchev–Trinajstić information content (AvgIpc) is 2.98. The summed E-state index contributed by atoms with van der Waals surface area (Å²) in [5.74, 6) is -0.339. The van der Waals surface area contributed by atoms with Gasteiger partial charge in [-0.05, 0) is 24.1 Å². The van der Waals surface area contributed by atoms with Crippen LogP contribution >= 0.6 is 0 Å². The third-order valence-electron chi connectivity index (χ3n) is 5.27. The van der Waals surface area contributed by atoms with Gasteiger partial charge in [0.05, 0.1) is 6.04 Å². The lowest BCUT2D eigenvalue weighted by Gasteiger charge is -2.40. The van der Waals surface area contributed by atoms with Gasteiger partial charge < -0.3 is 20.1 Å². The van der Waals surface area contributed by atoms with Crippen molar-refractivity contribution in [3.05, 3.63) is 69.6 Å². The van der Waals surface area contributed by atoms with Crippen LogP contribution < -0.4 is 10.9 Å². The molecule has 1 aromatic heterocycles. The van der Waals surface area contributed by atoms with Gasteiger partial charge in [0.15, 0.2) is 0 Å². The van der Waals surface area contributed by atoms with Gasteiger partial charge >= 0.3 is 0 Å². The standard InChI is InChI=1S/C21H22N4O4/c26-18-7-3-5-15(22-18)8-9-19(27)23-16-11-24(12-16)20(28)13-25-10-14-4-1-2-6-17(14)21(25)29/h1-7,16H,8-13H2,(H,22,26)(H,23,27). The number of aryl methyl sites for hydroxylation is 1. The summed E-state index contributed by atoms with van der Waals surface area (Å²) in [6.45, 7) is 1.40. The SMILES string of the molecule is O=C(CCc1cccc(=O)[nH]1)NC1CN(C(=O)CN2Cc3ccccc3C2=O)C1. The molecule has 4 rings (SSSR count). The number of fused-ring (bicyclic) bond motifs is 1. The quantitative estimate of drug-likeness (QED) is 0.735. The van der Waals surface area contributed by atoms with Crippen LogP contribution in [0, 0.1) is 0 Å². The van der Waals surface area contributed by atoms with E-state index in [1.165, 1.54) is 6.07 Å². The summed E-state index contributed by atoms with van der Waals surface area (Å²) in [5, 5.41) is 2.90. The summed E-state index contributed by atoms with van der Waals surface area (Å²) < 4.78 is 0. The molecule has 2 aromatic rings. The summed E-state index contributed by atoms with van der Waals surface area (Å²) in [4.78, 5) is 54.0. The van der Waals surface area contributed by atoms with E-state index in [1.807, 2.05) is 18.2 Å². The number of likely N-dealkylation sites (tertiary alicyclic amines) is 1. The molecule has 3 heterocycles. The molecule has 1 fully saturated rings. The van der Waals surface area contributed by atoms with Gasteiger partial charge in [-0.25, -0.2) is 0 Å². The lowest BCUT2D eigenvalue weighted by atomic mass is 10.1. The molecular formula is C21H22N4O4. The van der Waals surface area contributed by atoms with Crippen LogP contribution in [0.4, 0.5) is 0 Å². The molecule has 0 radical (unpaired) electrons. The molecule has 0 bridgehead atoms. The second-order valence-corrected chi connectivity index (χ2v) is 7.42. The van der Waals surface area contributed by atoms with Crippen molar-refractivity contribution in [3.8, 4) is 0 Å². The van der Waals surface area contributed by atoms with Crippen molar-refractivity contribution < 1.29 is 14.4 Å². The first-order valence-electron chi connectivity index (χ1n) is 9.62. The van der Waals surface area contributed by atoms with Crippen LogP contribution in [0.2, 0.25) is 0 Å². The number of aromatic amines is 1. The number of carbonyl (C=O) groups excluding carboxylic acids is 3. The number of aromatic nitrogens is 1. The van der Waals surface area contributed by atoms with E-state index in [4.69, 9.17) is 0 Å². The lowest BCUT2D eigenvalue weighted by Crippen LogP contribution is -2.62. The average molecular weight is 394 g/mol. The number of rotatable bonds is 6. The predicted molar refractivity (Wildman–Crippen MR) is 105 cm³/mol. The highest BCUT2D eigenvalue weighted by atomic mass is 16.2. The molecule has 0 atom stereocenters. The maximum atomic E-state index is 12.4. The van der Waals surface area contributed by atoms with E-state index in [9.17, 15) is 19.2 Å². The van der Waals surface area contributed by atoms with Crippen molar-refractivity contribution in [2.45, 2.75) is 25.4 Å². The van der Waals surface area contributed by atoms with Crippen molar-refractivity contribution in [1.29, 1.82) is 0 Å². The van der Waals surface area contributed by atoms with E-state index in [0.717, 1.165) is 5.56 Å². The van der Waals surface area contributed by atoms with E-state index < -0.39 is 0 Å². The number of hydrogen-bond donors (Lipinski definition) is 2. The number of amides is 3. The lowest BCUT2D eigenvalue weighted by molar-refractivity contribution is -0.138. The highest BCUT2D eigenvalue weighted by Crippen LogP contribution is 2.22. The summed E-state index contributed by atoms with van der Waals surface area (Å²) in [5.41, 5.74) is 2.14. The molecule has 2 N–H and O–H groups in total. The number of hydrogen-bond acceptors (Lipinski definition) is 4. The molecule has 0 spiro atoms. The normalized spacial score (nSPS) is 15.8. The van der Waals surface area contributed by atoms with Gasteiger partial charge in [0.25, 0.3) is 5.91 Å². The van der Waals surface area contributed by atoms with E-state index in [1.54, 1.807) is 28.0 Å². The van der Waals surface area contributed by atoms with E-state index in [2.05, 4.69) is 10.3 Å². The molecule has 29 heavy (non-hydrogen) atoms. The number of carbonyl (C=O) groups is 3. The molecule has 0 unspecified atom stereocenters. The molecule has 0 saturated carbocycles. The van der Waals surface area contributed by atoms with Crippen LogP contribution in [-0.4, -0.2) is 58.2 Å². The van der Waals surface area contributed by atoms with E-state index in [-0.39, 0.29) is 42.3 Å². The van der Waals surface area contributed by atoms with Crippen molar-refractivity contribution in [2.75, 3.05) is 19.6 Å². The van der Waals surface area contributed by atoms with Gasteiger partial charge in [-0.1, -0.05) is 24.3 Å². The zero-order chi connectivity index (χ0) is 20.4. The molecule has 2 aliphatic heterocycles. The summed E-state index contributed by atoms with van der Waals surface area (Å²) >= 11 is 0. The van der Waals surface area contributed by atoms with Crippen LogP contribution in [0.3, 0.4) is 0 Å². The molecule has 1 aromatic carbocycles. The Bertz CT molecular complexity index is 1010. The van der Waals surface area contributed by atoms with Crippen LogP contribution in [0.1, 0.15) is 28.0 Å². The van der Waals surface area contributed by atoms with Gasteiger partial charge in [-0.3, -0.25) is 19.2 Å². The summed E-state index contributed by atoms with van der Waals surface area (Å²) in [6, 6.07) is 12.2. The second-order valence-electron chi connectivity index (χ2n) is 7.42. The van der Waals surface area contributed by atoms with Gasteiger partial charge in [0.2, 0.25) is 17.4 Å². The Kier molecular flexibility index (Phi) is 5.16. The predicted octanol–water partition coefficient (Wildman–Crippen LogP) is 0.291. The Morgan fingerprint density at radius 3 is 2.62 bits per heavy atom. The van der Waals surface area contributed by atoms with Crippen molar-refractivity contribution in [3.63, 3.8) is 0 Å². The van der Waals surface area contributed by atoms with Crippen LogP contribution in [0.5, 0.6) is 0 Å². The monoisotopic (exact) mass is 394 g/mol. The maximum absolute atomic E-state index is 12.4. The van der Waals surface area contributed by atoms with Crippen LogP contribution in [0.15, 0.2) is 47.3 Å². The second kappa shape index (κ2) is 7.90. The van der Waals surface area contributed by atoms with Crippen molar-refractivity contribution in [2.24, 2.45) is 0 Å². The van der Waals surface area contributed by atoms with Crippen molar-refractivity contribution >= 4 is 17.7 Å². The fraction of sp³-hybridized carbons (Fsp3) is 0.333. The third-order valence-corrected chi connectivity index (χ3v) is 5.27. The molecule has 0 aliphatic carbocycles. The van der Waals surface area contributed by atoms with Crippen LogP contribution in [-0.2, 0) is 22.6 Å². The molecule has 150 valence electrons. The zero-order valence-corrected chi connectivity index (χ0v) is 15.9. The largest absolute Gasteiger partial charge is 0.350 e. The molecule has 8 heteroatoms. The fourth-order valence-electron chi connectivity index (χ4n) is 3.67. The molecule has 8 nitrogen and oxygen atoms in total. The number of nitrogens with zero attached hydrogens (tertiary/aromatic N) is 2. The third kappa shape index (κ3) is 4.21. The van der Waals surface area contributed by atoms with Crippen LogP contribution in [0.25, 0.3) is 0 Å². The van der Waals surface area contributed by atoms with Crippen molar-refractivity contribution in [1.82, 2.24) is 20.1 Å². The van der Waals surface area contributed by atoms with Gasteiger partial charge in [0.1, 0.15) is 6.54 Å². The number of H-pyrrole nitrogens is 1. The fourth-order valence-corrected chi connectivity index (χ4v) is 3.67. The first-order chi connectivity index (χ1) is 14.0.